The van der Waals surface area contributed by atoms with Gasteiger partial charge in [-0.3, -0.25) is 9.59 Å². The summed E-state index contributed by atoms with van der Waals surface area (Å²) in [4.78, 5) is 26.8. The zero-order valence-electron chi connectivity index (χ0n) is 16.2. The number of fused-ring (bicyclic) bond motifs is 1. The van der Waals surface area contributed by atoms with E-state index >= 15 is 0 Å². The molecule has 0 spiro atoms. The topological polar surface area (TPSA) is 71.8 Å². The second-order valence-electron chi connectivity index (χ2n) is 7.10. The van der Waals surface area contributed by atoms with Gasteiger partial charge in [-0.05, 0) is 31.0 Å². The number of carbonyl (C=O) groups excluding carboxylic acids is 2. The van der Waals surface area contributed by atoms with Gasteiger partial charge < -0.3 is 19.4 Å². The number of hydrogen-bond donors (Lipinski definition) is 1. The van der Waals surface area contributed by atoms with Crippen LogP contribution in [0.3, 0.4) is 0 Å². The van der Waals surface area contributed by atoms with Crippen molar-refractivity contribution in [3.8, 4) is 5.75 Å². The minimum Gasteiger partial charge on any atom is -0.489 e. The molecule has 0 atom stereocenters. The molecule has 2 amide bonds. The number of nitrogens with zero attached hydrogens (tertiary/aromatic N) is 1. The van der Waals surface area contributed by atoms with Crippen LogP contribution in [0.4, 0.5) is 0 Å². The molecule has 1 aliphatic heterocycles. The van der Waals surface area contributed by atoms with Gasteiger partial charge in [0.2, 0.25) is 5.91 Å². The molecule has 1 N–H and O–H groups in total. The lowest BCUT2D eigenvalue weighted by Crippen LogP contribution is -2.32. The number of amides is 2. The monoisotopic (exact) mass is 392 g/mol. The number of furan rings is 1. The van der Waals surface area contributed by atoms with E-state index in [0.717, 1.165) is 37.1 Å². The van der Waals surface area contributed by atoms with Crippen molar-refractivity contribution < 1.29 is 18.7 Å². The van der Waals surface area contributed by atoms with Gasteiger partial charge in [-0.1, -0.05) is 36.4 Å². The van der Waals surface area contributed by atoms with Gasteiger partial charge in [0.05, 0.1) is 0 Å². The molecule has 0 aliphatic carbocycles. The third kappa shape index (κ3) is 4.42. The smallest absolute Gasteiger partial charge is 0.287 e. The molecule has 1 aromatic heterocycles. The Hall–Kier alpha value is -3.28. The summed E-state index contributed by atoms with van der Waals surface area (Å²) < 4.78 is 11.7. The first kappa shape index (κ1) is 19.1. The summed E-state index contributed by atoms with van der Waals surface area (Å²) in [6, 6.07) is 17.0. The van der Waals surface area contributed by atoms with Crippen molar-refractivity contribution >= 4 is 22.8 Å². The highest BCUT2D eigenvalue weighted by Crippen LogP contribution is 2.27. The van der Waals surface area contributed by atoms with Crippen molar-refractivity contribution in [1.29, 1.82) is 0 Å². The summed E-state index contributed by atoms with van der Waals surface area (Å²) in [7, 11) is 0. The first-order chi connectivity index (χ1) is 14.2. The quantitative estimate of drug-likeness (QED) is 0.665. The molecule has 2 aromatic carbocycles. The van der Waals surface area contributed by atoms with E-state index in [4.69, 9.17) is 9.15 Å². The number of benzene rings is 2. The molecule has 0 bridgehead atoms. The molecule has 0 unspecified atom stereocenters. The molecule has 0 radical (unpaired) electrons. The zero-order valence-corrected chi connectivity index (χ0v) is 16.2. The van der Waals surface area contributed by atoms with Gasteiger partial charge in [0.1, 0.15) is 17.9 Å². The minimum absolute atomic E-state index is 0.0834. The Kier molecular flexibility index (Phi) is 5.79. The maximum atomic E-state index is 12.8. The van der Waals surface area contributed by atoms with Crippen molar-refractivity contribution in [2.45, 2.75) is 25.9 Å². The summed E-state index contributed by atoms with van der Waals surface area (Å²) in [5, 5.41) is 3.67. The lowest BCUT2D eigenvalue weighted by atomic mass is 10.1. The summed E-state index contributed by atoms with van der Waals surface area (Å²) in [6.45, 7) is 2.13. The zero-order chi connectivity index (χ0) is 20.1. The van der Waals surface area contributed by atoms with Crippen LogP contribution in [-0.4, -0.2) is 36.3 Å². The van der Waals surface area contributed by atoms with Crippen molar-refractivity contribution in [2.24, 2.45) is 0 Å². The van der Waals surface area contributed by atoms with Crippen LogP contribution >= 0.6 is 0 Å². The average Bonchev–Trinajstić information content (AvgIpc) is 3.41. The highest BCUT2D eigenvalue weighted by Gasteiger charge is 2.22. The van der Waals surface area contributed by atoms with E-state index in [1.807, 2.05) is 59.5 Å². The van der Waals surface area contributed by atoms with Gasteiger partial charge in [-0.2, -0.15) is 0 Å². The van der Waals surface area contributed by atoms with Gasteiger partial charge in [0.15, 0.2) is 5.76 Å². The third-order valence-electron chi connectivity index (χ3n) is 5.11. The Labute approximate surface area is 169 Å². The molecule has 150 valence electrons. The van der Waals surface area contributed by atoms with Gasteiger partial charge in [0.25, 0.3) is 5.91 Å². The Morgan fingerprint density at radius 3 is 2.52 bits per heavy atom. The van der Waals surface area contributed by atoms with E-state index in [-0.39, 0.29) is 30.7 Å². The maximum Gasteiger partial charge on any atom is 0.287 e. The van der Waals surface area contributed by atoms with Crippen molar-refractivity contribution in [3.63, 3.8) is 0 Å². The number of para-hydroxylation sites is 2. The Bertz CT molecular complexity index is 991. The molecule has 4 rings (SSSR count). The molecule has 6 nitrogen and oxygen atoms in total. The van der Waals surface area contributed by atoms with E-state index in [9.17, 15) is 9.59 Å². The second-order valence-corrected chi connectivity index (χ2v) is 7.10. The van der Waals surface area contributed by atoms with E-state index in [1.54, 1.807) is 0 Å². The first-order valence-electron chi connectivity index (χ1n) is 9.96. The average molecular weight is 392 g/mol. The number of ether oxygens (including phenoxy) is 1. The van der Waals surface area contributed by atoms with E-state index in [1.165, 1.54) is 0 Å². The van der Waals surface area contributed by atoms with Crippen LogP contribution in [-0.2, 0) is 11.4 Å². The number of hydrogen-bond acceptors (Lipinski definition) is 4. The van der Waals surface area contributed by atoms with Gasteiger partial charge in [0, 0.05) is 37.0 Å². The van der Waals surface area contributed by atoms with Gasteiger partial charge in [-0.15, -0.1) is 0 Å². The SMILES string of the molecule is O=C(NCCC(=O)N1CCCC1)c1oc2ccccc2c1COc1ccccc1. The molecule has 1 aliphatic rings. The van der Waals surface area contributed by atoms with Crippen LogP contribution in [0.15, 0.2) is 59.0 Å². The Balaban J connectivity index is 1.45. The molecule has 1 saturated heterocycles. The van der Waals surface area contributed by atoms with Crippen molar-refractivity contribution in [2.75, 3.05) is 19.6 Å². The van der Waals surface area contributed by atoms with Crippen molar-refractivity contribution in [3.05, 3.63) is 65.9 Å². The fourth-order valence-corrected chi connectivity index (χ4v) is 3.59. The predicted octanol–water partition coefficient (Wildman–Crippen LogP) is 3.75. The predicted molar refractivity (Wildman–Crippen MR) is 110 cm³/mol. The number of carbonyl (C=O) groups is 2. The first-order valence-corrected chi connectivity index (χ1v) is 9.96. The normalized spacial score (nSPS) is 13.6. The molecular formula is C23H24N2O4. The lowest BCUT2D eigenvalue weighted by molar-refractivity contribution is -0.129. The van der Waals surface area contributed by atoms with Crippen LogP contribution in [0.25, 0.3) is 11.0 Å². The van der Waals surface area contributed by atoms with Crippen LogP contribution in [0.1, 0.15) is 35.4 Å². The van der Waals surface area contributed by atoms with Gasteiger partial charge in [-0.25, -0.2) is 0 Å². The highest BCUT2D eigenvalue weighted by atomic mass is 16.5. The van der Waals surface area contributed by atoms with E-state index in [2.05, 4.69) is 5.32 Å². The molecule has 29 heavy (non-hydrogen) atoms. The summed E-state index contributed by atoms with van der Waals surface area (Å²) in [6.07, 6.45) is 2.41. The standard InChI is InChI=1S/C23H24N2O4/c26-21(25-14-6-7-15-25)12-13-24-23(27)22-19(16-28-17-8-2-1-3-9-17)18-10-4-5-11-20(18)29-22/h1-5,8-11H,6-7,12-16H2,(H,24,27). The number of nitrogens with one attached hydrogen (secondary N) is 1. The van der Waals surface area contributed by atoms with Crippen molar-refractivity contribution in [1.82, 2.24) is 10.2 Å². The summed E-state index contributed by atoms with van der Waals surface area (Å²) >= 11 is 0. The Morgan fingerprint density at radius 2 is 1.72 bits per heavy atom. The fourth-order valence-electron chi connectivity index (χ4n) is 3.59. The largest absolute Gasteiger partial charge is 0.489 e. The van der Waals surface area contributed by atoms with Crippen LogP contribution < -0.4 is 10.1 Å². The maximum absolute atomic E-state index is 12.8. The molecule has 3 aromatic rings. The Morgan fingerprint density at radius 1 is 1.00 bits per heavy atom. The van der Waals surface area contributed by atoms with Crippen LogP contribution in [0, 0.1) is 0 Å². The lowest BCUT2D eigenvalue weighted by Gasteiger charge is -2.15. The molecular weight excluding hydrogens is 368 g/mol. The summed E-state index contributed by atoms with van der Waals surface area (Å²) in [5.41, 5.74) is 1.34. The third-order valence-corrected chi connectivity index (χ3v) is 5.11. The highest BCUT2D eigenvalue weighted by molar-refractivity contribution is 5.99. The number of likely N-dealkylation sites (tertiary alicyclic amines) is 1. The number of rotatable bonds is 7. The van der Waals surface area contributed by atoms with Gasteiger partial charge >= 0.3 is 0 Å². The second kappa shape index (κ2) is 8.82. The molecule has 2 heterocycles. The van der Waals surface area contributed by atoms with E-state index in [0.29, 0.717) is 17.6 Å². The summed E-state index contributed by atoms with van der Waals surface area (Å²) in [5.74, 6) is 0.707. The minimum atomic E-state index is -0.331. The molecule has 6 heteroatoms. The van der Waals surface area contributed by atoms with Crippen LogP contribution in [0.5, 0.6) is 5.75 Å². The van der Waals surface area contributed by atoms with Crippen LogP contribution in [0.2, 0.25) is 0 Å². The fraction of sp³-hybridized carbons (Fsp3) is 0.304. The molecule has 0 saturated carbocycles. The molecule has 1 fully saturated rings. The van der Waals surface area contributed by atoms with E-state index < -0.39 is 0 Å².